The molecule has 9 heteroatoms. The normalized spacial score (nSPS) is 12.8. The van der Waals surface area contributed by atoms with E-state index in [-0.39, 0.29) is 25.1 Å². The molecule has 1 amide bonds. The summed E-state index contributed by atoms with van der Waals surface area (Å²) in [6.07, 6.45) is -0.742. The first kappa shape index (κ1) is 22.3. The van der Waals surface area contributed by atoms with Crippen LogP contribution >= 0.6 is 0 Å². The van der Waals surface area contributed by atoms with Gasteiger partial charge < -0.3 is 29.7 Å². The summed E-state index contributed by atoms with van der Waals surface area (Å²) in [6.45, 7) is 3.70. The Kier molecular flexibility index (Phi) is 7.58. The van der Waals surface area contributed by atoms with Crippen LogP contribution in [-0.2, 0) is 4.79 Å². The third kappa shape index (κ3) is 6.27. The van der Waals surface area contributed by atoms with E-state index in [0.717, 1.165) is 5.56 Å². The first-order chi connectivity index (χ1) is 15.0. The van der Waals surface area contributed by atoms with E-state index in [1.807, 2.05) is 31.2 Å². The van der Waals surface area contributed by atoms with E-state index in [9.17, 15) is 9.90 Å². The highest BCUT2D eigenvalue weighted by Gasteiger charge is 2.18. The van der Waals surface area contributed by atoms with Crippen molar-refractivity contribution in [3.8, 4) is 22.9 Å². The summed E-state index contributed by atoms with van der Waals surface area (Å²) >= 11 is 0. The topological polar surface area (TPSA) is 119 Å². The van der Waals surface area contributed by atoms with Crippen molar-refractivity contribution in [2.45, 2.75) is 26.0 Å². The number of benzene rings is 2. The maximum Gasteiger partial charge on any atom is 0.243 e. The number of hydrogen-bond donors (Lipinski definition) is 3. The van der Waals surface area contributed by atoms with E-state index in [2.05, 4.69) is 20.8 Å². The second kappa shape index (κ2) is 10.6. The first-order valence-corrected chi connectivity index (χ1v) is 9.85. The number of methoxy groups -OCH3 is 1. The van der Waals surface area contributed by atoms with Crippen molar-refractivity contribution in [2.75, 3.05) is 25.6 Å². The van der Waals surface area contributed by atoms with Crippen LogP contribution in [0.1, 0.15) is 25.8 Å². The summed E-state index contributed by atoms with van der Waals surface area (Å²) < 4.78 is 16.3. The largest absolute Gasteiger partial charge is 0.496 e. The Morgan fingerprint density at radius 2 is 1.94 bits per heavy atom. The van der Waals surface area contributed by atoms with E-state index in [4.69, 9.17) is 14.0 Å². The van der Waals surface area contributed by atoms with Crippen LogP contribution in [0.5, 0.6) is 11.5 Å². The molecule has 0 spiro atoms. The summed E-state index contributed by atoms with van der Waals surface area (Å²) in [4.78, 5) is 15.5. The number of amides is 1. The number of aliphatic hydroxyl groups is 1. The van der Waals surface area contributed by atoms with Gasteiger partial charge in [0.1, 0.15) is 24.2 Å². The Bertz CT molecular complexity index is 990. The number of carbonyl (C=O) groups excluding carboxylic acids is 1. The minimum atomic E-state index is -0.742. The molecule has 0 fully saturated rings. The van der Waals surface area contributed by atoms with Gasteiger partial charge in [-0.25, -0.2) is 0 Å². The van der Waals surface area contributed by atoms with Gasteiger partial charge in [0.25, 0.3) is 0 Å². The molecule has 1 aromatic heterocycles. The molecule has 0 bridgehead atoms. The highest BCUT2D eigenvalue weighted by atomic mass is 16.5. The minimum absolute atomic E-state index is 0.107. The predicted octanol–water partition coefficient (Wildman–Crippen LogP) is 2.79. The monoisotopic (exact) mass is 426 g/mol. The van der Waals surface area contributed by atoms with Crippen molar-refractivity contribution >= 4 is 11.6 Å². The predicted molar refractivity (Wildman–Crippen MR) is 115 cm³/mol. The lowest BCUT2D eigenvalue weighted by Crippen LogP contribution is -2.33. The van der Waals surface area contributed by atoms with Gasteiger partial charge in [0, 0.05) is 19.2 Å². The van der Waals surface area contributed by atoms with Crippen LogP contribution in [0, 0.1) is 0 Å². The van der Waals surface area contributed by atoms with Crippen LogP contribution in [0.15, 0.2) is 53.1 Å². The summed E-state index contributed by atoms with van der Waals surface area (Å²) in [6, 6.07) is 14.1. The molecule has 0 aliphatic carbocycles. The van der Waals surface area contributed by atoms with Crippen molar-refractivity contribution in [2.24, 2.45) is 0 Å². The van der Waals surface area contributed by atoms with Crippen LogP contribution < -0.4 is 20.1 Å². The molecule has 3 rings (SSSR count). The van der Waals surface area contributed by atoms with Gasteiger partial charge >= 0.3 is 0 Å². The van der Waals surface area contributed by atoms with E-state index in [0.29, 0.717) is 28.9 Å². The van der Waals surface area contributed by atoms with E-state index in [1.165, 1.54) is 6.92 Å². The fraction of sp³-hybridized carbons (Fsp3) is 0.318. The number of aliphatic hydroxyl groups excluding tert-OH is 1. The van der Waals surface area contributed by atoms with Crippen LogP contribution in [0.25, 0.3) is 11.4 Å². The zero-order valence-electron chi connectivity index (χ0n) is 17.7. The van der Waals surface area contributed by atoms with Crippen molar-refractivity contribution in [1.82, 2.24) is 15.5 Å². The molecule has 0 aliphatic rings. The number of aromatic nitrogens is 2. The molecule has 31 heavy (non-hydrogen) atoms. The quantitative estimate of drug-likeness (QED) is 0.453. The first-order valence-electron chi connectivity index (χ1n) is 9.85. The smallest absolute Gasteiger partial charge is 0.243 e. The van der Waals surface area contributed by atoms with Gasteiger partial charge in [-0.15, -0.1) is 0 Å². The lowest BCUT2D eigenvalue weighted by molar-refractivity contribution is -0.114. The molecule has 0 saturated heterocycles. The van der Waals surface area contributed by atoms with Gasteiger partial charge in [0.15, 0.2) is 0 Å². The van der Waals surface area contributed by atoms with Crippen molar-refractivity contribution in [3.63, 3.8) is 0 Å². The van der Waals surface area contributed by atoms with Crippen LogP contribution in [0.4, 0.5) is 5.69 Å². The second-order valence-corrected chi connectivity index (χ2v) is 6.96. The Hall–Kier alpha value is -3.43. The molecule has 0 radical (unpaired) electrons. The number of para-hydroxylation sites is 1. The second-order valence-electron chi connectivity index (χ2n) is 6.96. The number of nitrogens with one attached hydrogen (secondary N) is 2. The maximum atomic E-state index is 11.0. The molecule has 2 aromatic carbocycles. The fourth-order valence-electron chi connectivity index (χ4n) is 2.84. The summed E-state index contributed by atoms with van der Waals surface area (Å²) in [5.41, 5.74) is 1.42. The van der Waals surface area contributed by atoms with Gasteiger partial charge in [-0.3, -0.25) is 4.79 Å². The van der Waals surface area contributed by atoms with E-state index < -0.39 is 6.10 Å². The third-order valence-corrected chi connectivity index (χ3v) is 4.44. The molecular formula is C22H26N4O5. The standard InChI is InChI=1S/C22H26N4O5/c1-14(22-25-21(26-31-22)19-6-4-5-7-20(19)29-3)23-12-17(28)13-30-18-10-8-16(9-11-18)24-15(2)27/h4-11,14,17,23,28H,12-13H2,1-3H3,(H,24,27). The summed E-state index contributed by atoms with van der Waals surface area (Å²) in [5, 5.41) is 20.1. The summed E-state index contributed by atoms with van der Waals surface area (Å²) in [5.74, 6) is 1.96. The highest BCUT2D eigenvalue weighted by molar-refractivity contribution is 5.88. The molecular weight excluding hydrogens is 400 g/mol. The SMILES string of the molecule is COc1ccccc1-c1noc(C(C)NCC(O)COc2ccc(NC(C)=O)cc2)n1. The van der Waals surface area contributed by atoms with E-state index >= 15 is 0 Å². The van der Waals surface area contributed by atoms with Gasteiger partial charge in [-0.05, 0) is 43.3 Å². The molecule has 9 nitrogen and oxygen atoms in total. The zero-order chi connectivity index (χ0) is 22.2. The molecule has 3 N–H and O–H groups in total. The lowest BCUT2D eigenvalue weighted by Gasteiger charge is -2.15. The molecule has 0 saturated carbocycles. The fourth-order valence-corrected chi connectivity index (χ4v) is 2.84. The number of hydrogen-bond acceptors (Lipinski definition) is 8. The number of anilines is 1. The number of ether oxygens (including phenoxy) is 2. The average molecular weight is 426 g/mol. The number of carbonyl (C=O) groups is 1. The number of nitrogens with zero attached hydrogens (tertiary/aromatic N) is 2. The molecule has 0 aliphatic heterocycles. The van der Waals surface area contributed by atoms with Crippen LogP contribution in [-0.4, -0.2) is 47.5 Å². The van der Waals surface area contributed by atoms with Crippen molar-refractivity contribution < 1.29 is 23.9 Å². The Balaban J connectivity index is 1.47. The molecule has 2 atom stereocenters. The van der Waals surface area contributed by atoms with Crippen LogP contribution in [0.2, 0.25) is 0 Å². The third-order valence-electron chi connectivity index (χ3n) is 4.44. The van der Waals surface area contributed by atoms with Gasteiger partial charge in [-0.2, -0.15) is 4.98 Å². The van der Waals surface area contributed by atoms with Gasteiger partial charge in [-0.1, -0.05) is 17.3 Å². The Morgan fingerprint density at radius 3 is 2.65 bits per heavy atom. The van der Waals surface area contributed by atoms with Gasteiger partial charge in [0.05, 0.1) is 18.7 Å². The van der Waals surface area contributed by atoms with E-state index in [1.54, 1.807) is 31.4 Å². The summed E-state index contributed by atoms with van der Waals surface area (Å²) in [7, 11) is 1.59. The lowest BCUT2D eigenvalue weighted by atomic mass is 10.2. The number of rotatable bonds is 10. The Labute approximate surface area is 180 Å². The zero-order valence-corrected chi connectivity index (χ0v) is 17.7. The average Bonchev–Trinajstić information content (AvgIpc) is 3.27. The minimum Gasteiger partial charge on any atom is -0.496 e. The molecule has 1 heterocycles. The highest BCUT2D eigenvalue weighted by Crippen LogP contribution is 2.28. The van der Waals surface area contributed by atoms with Crippen molar-refractivity contribution in [1.29, 1.82) is 0 Å². The van der Waals surface area contributed by atoms with Crippen LogP contribution in [0.3, 0.4) is 0 Å². The Morgan fingerprint density at radius 1 is 1.19 bits per heavy atom. The van der Waals surface area contributed by atoms with Gasteiger partial charge in [0.2, 0.25) is 17.6 Å². The molecule has 164 valence electrons. The van der Waals surface area contributed by atoms with Crippen molar-refractivity contribution in [3.05, 3.63) is 54.4 Å². The molecule has 3 aromatic rings. The maximum absolute atomic E-state index is 11.0. The molecule has 2 unspecified atom stereocenters.